The summed E-state index contributed by atoms with van der Waals surface area (Å²) in [5, 5.41) is 2.27. The van der Waals surface area contributed by atoms with Crippen LogP contribution in [0.25, 0.3) is 0 Å². The minimum atomic E-state index is -0.322. The van der Waals surface area contributed by atoms with Gasteiger partial charge in [-0.05, 0) is 24.6 Å². The van der Waals surface area contributed by atoms with Gasteiger partial charge in [-0.25, -0.2) is 4.79 Å². The molecule has 0 aliphatic carbocycles. The smallest absolute Gasteiger partial charge is 0.308 e. The molecule has 1 aromatic carbocycles. The maximum Gasteiger partial charge on any atom is 0.325 e. The average Bonchev–Trinajstić information content (AvgIpc) is 2.57. The summed E-state index contributed by atoms with van der Waals surface area (Å²) in [7, 11) is 0. The van der Waals surface area contributed by atoms with Crippen LogP contribution in [0.4, 0.5) is 4.79 Å². The molecule has 1 heterocycles. The van der Waals surface area contributed by atoms with E-state index in [-0.39, 0.29) is 24.5 Å². The van der Waals surface area contributed by atoms with Crippen molar-refractivity contribution < 1.29 is 9.59 Å². The van der Waals surface area contributed by atoms with Crippen molar-refractivity contribution in [3.63, 3.8) is 0 Å². The Hall–Kier alpha value is -1.36. The number of urea groups is 1. The summed E-state index contributed by atoms with van der Waals surface area (Å²) >= 11 is 3.38. The van der Waals surface area contributed by atoms with Crippen molar-refractivity contribution in [2.45, 2.75) is 13.0 Å². The van der Waals surface area contributed by atoms with Crippen molar-refractivity contribution in [2.75, 3.05) is 6.54 Å². The van der Waals surface area contributed by atoms with E-state index in [0.29, 0.717) is 0 Å². The van der Waals surface area contributed by atoms with E-state index in [1.807, 2.05) is 31.2 Å². The van der Waals surface area contributed by atoms with Gasteiger partial charge in [-0.3, -0.25) is 10.1 Å². The molecule has 0 saturated carbocycles. The summed E-state index contributed by atoms with van der Waals surface area (Å²) in [5.41, 5.74) is 0.999. The standard InChI is InChI=1S/C11H11BrN2O2/c1-7(8-3-2-4-9(12)5-8)14-6-10(15)13-11(14)16/h2-5,7H,6H2,1H3,(H,13,15,16). The Balaban J connectivity index is 2.22. The predicted molar refractivity (Wildman–Crippen MR) is 62.8 cm³/mol. The van der Waals surface area contributed by atoms with Crippen molar-refractivity contribution in [3.05, 3.63) is 34.3 Å². The molecule has 1 fully saturated rings. The van der Waals surface area contributed by atoms with Gasteiger partial charge in [-0.1, -0.05) is 28.1 Å². The molecule has 1 N–H and O–H groups in total. The Morgan fingerprint density at radius 2 is 2.19 bits per heavy atom. The van der Waals surface area contributed by atoms with Gasteiger partial charge in [0.2, 0.25) is 5.91 Å². The zero-order chi connectivity index (χ0) is 11.7. The number of nitrogens with zero attached hydrogens (tertiary/aromatic N) is 1. The van der Waals surface area contributed by atoms with Crippen molar-refractivity contribution in [3.8, 4) is 0 Å². The number of imide groups is 1. The van der Waals surface area contributed by atoms with Crippen molar-refractivity contribution >= 4 is 27.9 Å². The molecule has 1 saturated heterocycles. The second-order valence-corrected chi connectivity index (χ2v) is 4.63. The summed E-state index contributed by atoms with van der Waals surface area (Å²) in [5.74, 6) is -0.244. The molecular formula is C11H11BrN2O2. The summed E-state index contributed by atoms with van der Waals surface area (Å²) in [6.45, 7) is 2.03. The predicted octanol–water partition coefficient (Wildman–Crippen LogP) is 2.06. The Bertz CT molecular complexity index is 447. The molecule has 5 heteroatoms. The van der Waals surface area contributed by atoms with Gasteiger partial charge in [-0.15, -0.1) is 0 Å². The molecule has 16 heavy (non-hydrogen) atoms. The van der Waals surface area contributed by atoms with Crippen molar-refractivity contribution in [1.29, 1.82) is 0 Å². The van der Waals surface area contributed by atoms with Gasteiger partial charge in [-0.2, -0.15) is 0 Å². The van der Waals surface area contributed by atoms with E-state index in [9.17, 15) is 9.59 Å². The fourth-order valence-electron chi connectivity index (χ4n) is 1.72. The van der Waals surface area contributed by atoms with Crippen molar-refractivity contribution in [1.82, 2.24) is 10.2 Å². The van der Waals surface area contributed by atoms with E-state index >= 15 is 0 Å². The zero-order valence-electron chi connectivity index (χ0n) is 8.74. The number of halogens is 1. The lowest BCUT2D eigenvalue weighted by Gasteiger charge is -2.22. The fraction of sp³-hybridized carbons (Fsp3) is 0.273. The molecule has 2 rings (SSSR count). The molecule has 1 unspecified atom stereocenters. The van der Waals surface area contributed by atoms with Crippen LogP contribution in [0.3, 0.4) is 0 Å². The minimum Gasteiger partial charge on any atom is -0.308 e. The first-order valence-corrected chi connectivity index (χ1v) is 5.73. The van der Waals surface area contributed by atoms with Crippen LogP contribution < -0.4 is 5.32 Å². The second kappa shape index (κ2) is 4.25. The number of carbonyl (C=O) groups excluding carboxylic acids is 2. The highest BCUT2D eigenvalue weighted by atomic mass is 79.9. The minimum absolute atomic E-state index is 0.107. The number of hydrogen-bond donors (Lipinski definition) is 1. The lowest BCUT2D eigenvalue weighted by atomic mass is 10.1. The normalized spacial score (nSPS) is 17.5. The van der Waals surface area contributed by atoms with Gasteiger partial charge < -0.3 is 4.90 Å². The number of carbonyl (C=O) groups is 2. The van der Waals surface area contributed by atoms with Crippen molar-refractivity contribution in [2.24, 2.45) is 0 Å². The topological polar surface area (TPSA) is 49.4 Å². The maximum absolute atomic E-state index is 11.5. The van der Waals surface area contributed by atoms with Crippen LogP contribution in [0, 0.1) is 0 Å². The third kappa shape index (κ3) is 2.09. The molecule has 0 aromatic heterocycles. The lowest BCUT2D eigenvalue weighted by Crippen LogP contribution is -2.30. The zero-order valence-corrected chi connectivity index (χ0v) is 10.3. The van der Waals surface area contributed by atoms with Gasteiger partial charge in [0.1, 0.15) is 6.54 Å². The van der Waals surface area contributed by atoms with Gasteiger partial charge >= 0.3 is 6.03 Å². The van der Waals surface area contributed by atoms with Gasteiger partial charge in [0.25, 0.3) is 0 Å². The largest absolute Gasteiger partial charge is 0.325 e. The third-order valence-electron chi connectivity index (χ3n) is 2.62. The third-order valence-corrected chi connectivity index (χ3v) is 3.11. The van der Waals surface area contributed by atoms with E-state index in [2.05, 4.69) is 21.2 Å². The quantitative estimate of drug-likeness (QED) is 0.845. The summed E-state index contributed by atoms with van der Waals surface area (Å²) in [6, 6.07) is 7.28. The van der Waals surface area contributed by atoms with E-state index in [0.717, 1.165) is 10.0 Å². The summed E-state index contributed by atoms with van der Waals surface area (Å²) < 4.78 is 0.961. The van der Waals surface area contributed by atoms with Crippen LogP contribution in [-0.4, -0.2) is 23.4 Å². The van der Waals surface area contributed by atoms with E-state index in [1.54, 1.807) is 0 Å². The SMILES string of the molecule is CC(c1cccc(Br)c1)N1CC(=O)NC1=O. The summed E-state index contributed by atoms with van der Waals surface area (Å²) in [4.78, 5) is 24.1. The summed E-state index contributed by atoms with van der Waals surface area (Å²) in [6.07, 6.45) is 0. The van der Waals surface area contributed by atoms with Crippen LogP contribution >= 0.6 is 15.9 Å². The molecule has 84 valence electrons. The first-order valence-electron chi connectivity index (χ1n) is 4.94. The molecule has 1 aromatic rings. The van der Waals surface area contributed by atoms with Crippen LogP contribution in [0.1, 0.15) is 18.5 Å². The van der Waals surface area contributed by atoms with E-state index in [1.165, 1.54) is 4.90 Å². The Labute approximate surface area is 102 Å². The van der Waals surface area contributed by atoms with Gasteiger partial charge in [0, 0.05) is 4.47 Å². The molecule has 1 atom stereocenters. The second-order valence-electron chi connectivity index (χ2n) is 3.71. The molecule has 1 aliphatic rings. The molecular weight excluding hydrogens is 272 g/mol. The molecule has 0 bridgehead atoms. The molecule has 0 radical (unpaired) electrons. The first kappa shape index (κ1) is 11.1. The highest BCUT2D eigenvalue weighted by molar-refractivity contribution is 9.10. The number of hydrogen-bond acceptors (Lipinski definition) is 2. The van der Waals surface area contributed by atoms with Crippen LogP contribution in [0.15, 0.2) is 28.7 Å². The Morgan fingerprint density at radius 3 is 2.75 bits per heavy atom. The van der Waals surface area contributed by atoms with E-state index < -0.39 is 0 Å². The first-order chi connectivity index (χ1) is 7.58. The lowest BCUT2D eigenvalue weighted by molar-refractivity contribution is -0.118. The monoisotopic (exact) mass is 282 g/mol. The molecule has 1 aliphatic heterocycles. The Morgan fingerprint density at radius 1 is 1.44 bits per heavy atom. The fourth-order valence-corrected chi connectivity index (χ4v) is 2.13. The number of benzene rings is 1. The molecule has 3 amide bonds. The number of rotatable bonds is 2. The van der Waals surface area contributed by atoms with Gasteiger partial charge in [0.15, 0.2) is 0 Å². The van der Waals surface area contributed by atoms with Crippen LogP contribution in [0.5, 0.6) is 0 Å². The number of amides is 3. The van der Waals surface area contributed by atoms with Gasteiger partial charge in [0.05, 0.1) is 6.04 Å². The average molecular weight is 283 g/mol. The maximum atomic E-state index is 11.5. The highest BCUT2D eigenvalue weighted by Crippen LogP contribution is 2.24. The molecule has 0 spiro atoms. The van der Waals surface area contributed by atoms with E-state index in [4.69, 9.17) is 0 Å². The highest BCUT2D eigenvalue weighted by Gasteiger charge is 2.31. The Kier molecular flexibility index (Phi) is 2.96. The van der Waals surface area contributed by atoms with Crippen LogP contribution in [-0.2, 0) is 4.79 Å². The number of nitrogens with one attached hydrogen (secondary N) is 1. The van der Waals surface area contributed by atoms with Crippen LogP contribution in [0.2, 0.25) is 0 Å². The molecule has 4 nitrogen and oxygen atoms in total.